The molecule has 0 aliphatic rings. The number of nitrogens with one attached hydrogen (secondary N) is 1. The molecular formula is C12H27NO. The molecular weight excluding hydrogens is 174 g/mol. The van der Waals surface area contributed by atoms with Gasteiger partial charge in [-0.15, -0.1) is 0 Å². The standard InChI is InChI=1S/C12H27NO/c1-5-7-12(4)14-9-6-8-13-10-11(2)3/h11-13H,5-10H2,1-4H3. The first-order chi connectivity index (χ1) is 6.66. The van der Waals surface area contributed by atoms with Crippen LogP contribution in [0.15, 0.2) is 0 Å². The number of ether oxygens (including phenoxy) is 1. The number of rotatable bonds is 9. The molecule has 1 atom stereocenters. The zero-order valence-electron chi connectivity index (χ0n) is 10.3. The van der Waals surface area contributed by atoms with Crippen molar-refractivity contribution >= 4 is 0 Å². The van der Waals surface area contributed by atoms with Gasteiger partial charge in [0.15, 0.2) is 0 Å². The van der Waals surface area contributed by atoms with Gasteiger partial charge >= 0.3 is 0 Å². The van der Waals surface area contributed by atoms with Crippen LogP contribution in [0, 0.1) is 5.92 Å². The Bertz CT molecular complexity index is 115. The summed E-state index contributed by atoms with van der Waals surface area (Å²) in [6, 6.07) is 0. The maximum Gasteiger partial charge on any atom is 0.0546 e. The van der Waals surface area contributed by atoms with E-state index in [9.17, 15) is 0 Å². The summed E-state index contributed by atoms with van der Waals surface area (Å²) in [6.45, 7) is 11.9. The van der Waals surface area contributed by atoms with Crippen LogP contribution in [-0.2, 0) is 4.74 Å². The monoisotopic (exact) mass is 201 g/mol. The molecule has 0 spiro atoms. The van der Waals surface area contributed by atoms with Crippen LogP contribution in [0.4, 0.5) is 0 Å². The summed E-state index contributed by atoms with van der Waals surface area (Å²) < 4.78 is 5.65. The van der Waals surface area contributed by atoms with Gasteiger partial charge in [0.05, 0.1) is 6.10 Å². The molecule has 0 saturated carbocycles. The Labute approximate surface area is 89.4 Å². The third-order valence-electron chi connectivity index (χ3n) is 2.15. The topological polar surface area (TPSA) is 21.3 Å². The van der Waals surface area contributed by atoms with Gasteiger partial charge in [-0.3, -0.25) is 0 Å². The largest absolute Gasteiger partial charge is 0.378 e. The fourth-order valence-corrected chi connectivity index (χ4v) is 1.36. The van der Waals surface area contributed by atoms with E-state index in [2.05, 4.69) is 33.0 Å². The van der Waals surface area contributed by atoms with E-state index < -0.39 is 0 Å². The molecule has 0 aliphatic carbocycles. The van der Waals surface area contributed by atoms with Gasteiger partial charge < -0.3 is 10.1 Å². The van der Waals surface area contributed by atoms with Crippen molar-refractivity contribution < 1.29 is 4.74 Å². The molecule has 0 aromatic heterocycles. The molecule has 0 amide bonds. The van der Waals surface area contributed by atoms with Crippen molar-refractivity contribution in [1.82, 2.24) is 5.32 Å². The molecule has 1 unspecified atom stereocenters. The summed E-state index contributed by atoms with van der Waals surface area (Å²) in [5, 5.41) is 3.41. The average molecular weight is 201 g/mol. The first kappa shape index (κ1) is 13.9. The summed E-state index contributed by atoms with van der Waals surface area (Å²) in [7, 11) is 0. The molecule has 0 radical (unpaired) electrons. The molecule has 2 nitrogen and oxygen atoms in total. The highest BCUT2D eigenvalue weighted by Gasteiger charge is 1.99. The maximum absolute atomic E-state index is 5.65. The van der Waals surface area contributed by atoms with E-state index in [-0.39, 0.29) is 0 Å². The highest BCUT2D eigenvalue weighted by Crippen LogP contribution is 2.00. The fraction of sp³-hybridized carbons (Fsp3) is 1.00. The van der Waals surface area contributed by atoms with Gasteiger partial charge in [-0.05, 0) is 38.8 Å². The molecule has 0 rings (SSSR count). The summed E-state index contributed by atoms with van der Waals surface area (Å²) in [5.74, 6) is 0.745. The van der Waals surface area contributed by atoms with E-state index in [1.807, 2.05) is 0 Å². The van der Waals surface area contributed by atoms with E-state index in [1.54, 1.807) is 0 Å². The van der Waals surface area contributed by atoms with Crippen molar-refractivity contribution in [1.29, 1.82) is 0 Å². The second-order valence-electron chi connectivity index (χ2n) is 4.42. The molecule has 2 heteroatoms. The summed E-state index contributed by atoms with van der Waals surface area (Å²) in [4.78, 5) is 0. The zero-order valence-corrected chi connectivity index (χ0v) is 10.3. The molecule has 14 heavy (non-hydrogen) atoms. The second-order valence-corrected chi connectivity index (χ2v) is 4.42. The van der Waals surface area contributed by atoms with E-state index in [4.69, 9.17) is 4.74 Å². The lowest BCUT2D eigenvalue weighted by atomic mass is 10.2. The van der Waals surface area contributed by atoms with Gasteiger partial charge in [0.2, 0.25) is 0 Å². The van der Waals surface area contributed by atoms with E-state index in [0.29, 0.717) is 6.10 Å². The van der Waals surface area contributed by atoms with Gasteiger partial charge in [-0.2, -0.15) is 0 Å². The smallest absolute Gasteiger partial charge is 0.0546 e. The van der Waals surface area contributed by atoms with Crippen LogP contribution in [0.1, 0.15) is 47.0 Å². The minimum absolute atomic E-state index is 0.435. The van der Waals surface area contributed by atoms with Crippen molar-refractivity contribution in [3.05, 3.63) is 0 Å². The lowest BCUT2D eigenvalue weighted by molar-refractivity contribution is 0.0582. The lowest BCUT2D eigenvalue weighted by Crippen LogP contribution is -2.22. The van der Waals surface area contributed by atoms with Crippen molar-refractivity contribution in [3.63, 3.8) is 0 Å². The summed E-state index contributed by atoms with van der Waals surface area (Å²) in [5.41, 5.74) is 0. The maximum atomic E-state index is 5.65. The van der Waals surface area contributed by atoms with Gasteiger partial charge in [-0.25, -0.2) is 0 Å². The summed E-state index contributed by atoms with van der Waals surface area (Å²) in [6.07, 6.45) is 3.96. The van der Waals surface area contributed by atoms with E-state index in [1.165, 1.54) is 12.8 Å². The van der Waals surface area contributed by atoms with Crippen LogP contribution in [0.3, 0.4) is 0 Å². The third kappa shape index (κ3) is 10.0. The first-order valence-corrected chi connectivity index (χ1v) is 5.99. The molecule has 86 valence electrons. The molecule has 0 fully saturated rings. The average Bonchev–Trinajstić information content (AvgIpc) is 2.11. The molecule has 0 bridgehead atoms. The van der Waals surface area contributed by atoms with Gasteiger partial charge in [0.1, 0.15) is 0 Å². The normalized spacial score (nSPS) is 13.5. The highest BCUT2D eigenvalue weighted by molar-refractivity contribution is 4.52. The molecule has 0 aromatic carbocycles. The molecule has 0 saturated heterocycles. The van der Waals surface area contributed by atoms with E-state index >= 15 is 0 Å². The zero-order chi connectivity index (χ0) is 10.8. The highest BCUT2D eigenvalue weighted by atomic mass is 16.5. The molecule has 0 heterocycles. The molecule has 0 aliphatic heterocycles. The van der Waals surface area contributed by atoms with Crippen molar-refractivity contribution in [2.45, 2.75) is 53.1 Å². The Morgan fingerprint density at radius 1 is 1.21 bits per heavy atom. The Morgan fingerprint density at radius 3 is 2.50 bits per heavy atom. The van der Waals surface area contributed by atoms with Crippen molar-refractivity contribution in [2.24, 2.45) is 5.92 Å². The number of hydrogen-bond acceptors (Lipinski definition) is 2. The summed E-state index contributed by atoms with van der Waals surface area (Å²) >= 11 is 0. The molecule has 0 aromatic rings. The van der Waals surface area contributed by atoms with Gasteiger partial charge in [-0.1, -0.05) is 27.2 Å². The van der Waals surface area contributed by atoms with Crippen LogP contribution in [0.2, 0.25) is 0 Å². The van der Waals surface area contributed by atoms with Crippen LogP contribution in [-0.4, -0.2) is 25.8 Å². The van der Waals surface area contributed by atoms with Crippen LogP contribution in [0.25, 0.3) is 0 Å². The minimum atomic E-state index is 0.435. The first-order valence-electron chi connectivity index (χ1n) is 5.99. The minimum Gasteiger partial charge on any atom is -0.378 e. The Kier molecular flexibility index (Phi) is 9.42. The lowest BCUT2D eigenvalue weighted by Gasteiger charge is -2.12. The molecule has 1 N–H and O–H groups in total. The predicted octanol–water partition coefficient (Wildman–Crippen LogP) is 2.83. The Hall–Kier alpha value is -0.0800. The third-order valence-corrected chi connectivity index (χ3v) is 2.15. The van der Waals surface area contributed by atoms with Crippen molar-refractivity contribution in [2.75, 3.05) is 19.7 Å². The number of hydrogen-bond donors (Lipinski definition) is 1. The van der Waals surface area contributed by atoms with Gasteiger partial charge in [0, 0.05) is 6.61 Å². The van der Waals surface area contributed by atoms with Gasteiger partial charge in [0.25, 0.3) is 0 Å². The Morgan fingerprint density at radius 2 is 1.93 bits per heavy atom. The quantitative estimate of drug-likeness (QED) is 0.579. The van der Waals surface area contributed by atoms with Crippen LogP contribution >= 0.6 is 0 Å². The van der Waals surface area contributed by atoms with Crippen molar-refractivity contribution in [3.8, 4) is 0 Å². The van der Waals surface area contributed by atoms with E-state index in [0.717, 1.165) is 32.0 Å². The van der Waals surface area contributed by atoms with Crippen LogP contribution in [0.5, 0.6) is 0 Å². The second kappa shape index (κ2) is 9.47. The predicted molar refractivity (Wildman–Crippen MR) is 62.6 cm³/mol. The Balaban J connectivity index is 3.05. The SMILES string of the molecule is CCCC(C)OCCCNCC(C)C. The van der Waals surface area contributed by atoms with Crippen LogP contribution < -0.4 is 5.32 Å². The fourth-order valence-electron chi connectivity index (χ4n) is 1.36.